The van der Waals surface area contributed by atoms with Gasteiger partial charge in [-0.05, 0) is 49.8 Å². The number of halogens is 1. The Hall–Kier alpha value is -1.51. The lowest BCUT2D eigenvalue weighted by Crippen LogP contribution is -2.48. The summed E-state index contributed by atoms with van der Waals surface area (Å²) in [5, 5.41) is 18.8. The molecule has 1 aliphatic carbocycles. The van der Waals surface area contributed by atoms with E-state index in [1.807, 2.05) is 0 Å². The molecular formula is C15H18FNO5S. The number of aromatic carboxylic acids is 1. The number of carboxylic acid groups (broad SMARTS) is 1. The van der Waals surface area contributed by atoms with E-state index in [2.05, 4.69) is 0 Å². The van der Waals surface area contributed by atoms with E-state index in [-0.39, 0.29) is 24.1 Å². The van der Waals surface area contributed by atoms with E-state index in [4.69, 9.17) is 5.11 Å². The summed E-state index contributed by atoms with van der Waals surface area (Å²) in [6, 6.07) is 2.41. The summed E-state index contributed by atoms with van der Waals surface area (Å²) >= 11 is 0. The molecule has 2 fully saturated rings. The van der Waals surface area contributed by atoms with Crippen LogP contribution in [-0.4, -0.2) is 47.6 Å². The highest BCUT2D eigenvalue weighted by Crippen LogP contribution is 2.41. The molecule has 1 heterocycles. The maximum atomic E-state index is 14.1. The number of carbonyl (C=O) groups is 1. The van der Waals surface area contributed by atoms with Crippen molar-refractivity contribution in [3.05, 3.63) is 29.6 Å². The van der Waals surface area contributed by atoms with Gasteiger partial charge in [-0.25, -0.2) is 17.6 Å². The fraction of sp³-hybridized carbons (Fsp3) is 0.533. The van der Waals surface area contributed by atoms with Gasteiger partial charge in [0.05, 0.1) is 11.7 Å². The highest BCUT2D eigenvalue weighted by Gasteiger charge is 2.44. The number of hydrogen-bond acceptors (Lipinski definition) is 4. The molecule has 0 amide bonds. The van der Waals surface area contributed by atoms with Gasteiger partial charge in [-0.2, -0.15) is 4.31 Å². The van der Waals surface area contributed by atoms with Crippen molar-refractivity contribution in [3.8, 4) is 0 Å². The topological polar surface area (TPSA) is 94.9 Å². The first-order valence-corrected chi connectivity index (χ1v) is 8.97. The summed E-state index contributed by atoms with van der Waals surface area (Å²) in [6.45, 7) is 0.113. The Balaban J connectivity index is 2.00. The van der Waals surface area contributed by atoms with Crippen LogP contribution in [0, 0.1) is 11.7 Å². The van der Waals surface area contributed by atoms with E-state index in [1.54, 1.807) is 0 Å². The van der Waals surface area contributed by atoms with Gasteiger partial charge in [0.25, 0.3) is 0 Å². The van der Waals surface area contributed by atoms with Gasteiger partial charge in [-0.1, -0.05) is 0 Å². The zero-order chi connectivity index (χ0) is 16.8. The van der Waals surface area contributed by atoms with Crippen LogP contribution in [0.15, 0.2) is 23.1 Å². The van der Waals surface area contributed by atoms with Crippen molar-refractivity contribution in [2.75, 3.05) is 6.54 Å². The van der Waals surface area contributed by atoms with Crippen LogP contribution in [0.3, 0.4) is 0 Å². The van der Waals surface area contributed by atoms with Gasteiger partial charge < -0.3 is 10.2 Å². The maximum Gasteiger partial charge on any atom is 0.335 e. The van der Waals surface area contributed by atoms with Gasteiger partial charge in [0.2, 0.25) is 10.0 Å². The molecule has 1 aromatic carbocycles. The van der Waals surface area contributed by atoms with Crippen molar-refractivity contribution < 1.29 is 27.8 Å². The third-order valence-corrected chi connectivity index (χ3v) is 6.44. The summed E-state index contributed by atoms with van der Waals surface area (Å²) in [4.78, 5) is 10.4. The highest BCUT2D eigenvalue weighted by atomic mass is 32.2. The molecule has 2 atom stereocenters. The third kappa shape index (κ3) is 3.11. The molecule has 8 heteroatoms. The number of nitrogens with zero attached hydrogens (tertiary/aromatic N) is 1. The monoisotopic (exact) mass is 343 g/mol. The number of sulfonamides is 1. The quantitative estimate of drug-likeness (QED) is 0.863. The van der Waals surface area contributed by atoms with E-state index in [0.717, 1.165) is 31.0 Å². The van der Waals surface area contributed by atoms with Crippen LogP contribution in [0.25, 0.3) is 0 Å². The van der Waals surface area contributed by atoms with Crippen LogP contribution < -0.4 is 0 Å². The normalized spacial score (nSPS) is 26.2. The molecule has 1 aliphatic heterocycles. The largest absolute Gasteiger partial charge is 0.478 e. The number of aliphatic hydroxyl groups is 1. The standard InChI is InChI=1S/C15H18FNO5S/c16-12-4-3-10(15(19)20)7-14(12)23(21,22)17-6-5-11(18)8-13(17)9-1-2-9/h3-4,7,9,11,13,18H,1-2,5-6,8H2,(H,19,20)/t11-,13+/m0/s1. The minimum atomic E-state index is -4.14. The number of hydrogen-bond donors (Lipinski definition) is 2. The summed E-state index contributed by atoms with van der Waals surface area (Å²) in [5.74, 6) is -2.09. The van der Waals surface area contributed by atoms with E-state index in [9.17, 15) is 22.7 Å². The fourth-order valence-corrected chi connectivity index (χ4v) is 4.93. The van der Waals surface area contributed by atoms with Gasteiger partial charge in [0, 0.05) is 12.6 Å². The van der Waals surface area contributed by atoms with Crippen LogP contribution in [-0.2, 0) is 10.0 Å². The number of carboxylic acids is 1. The van der Waals surface area contributed by atoms with Crippen molar-refractivity contribution in [2.24, 2.45) is 5.92 Å². The van der Waals surface area contributed by atoms with Gasteiger partial charge >= 0.3 is 5.97 Å². The molecule has 3 rings (SSSR count). The Labute approximate surface area is 133 Å². The Morgan fingerprint density at radius 2 is 1.96 bits per heavy atom. The third-order valence-electron chi connectivity index (χ3n) is 4.50. The minimum Gasteiger partial charge on any atom is -0.478 e. The van der Waals surface area contributed by atoms with E-state index >= 15 is 0 Å². The van der Waals surface area contributed by atoms with E-state index < -0.39 is 32.8 Å². The summed E-state index contributed by atoms with van der Waals surface area (Å²) in [5.41, 5.74) is -0.273. The summed E-state index contributed by atoms with van der Waals surface area (Å²) in [6.07, 6.45) is 1.86. The first-order valence-electron chi connectivity index (χ1n) is 7.53. The van der Waals surface area contributed by atoms with Crippen LogP contribution >= 0.6 is 0 Å². The van der Waals surface area contributed by atoms with E-state index in [0.29, 0.717) is 12.8 Å². The minimum absolute atomic E-state index is 0.113. The number of benzene rings is 1. The molecule has 0 radical (unpaired) electrons. The smallest absolute Gasteiger partial charge is 0.335 e. The average Bonchev–Trinajstić information content (AvgIpc) is 3.31. The second-order valence-corrected chi connectivity index (χ2v) is 8.01. The molecule has 0 aromatic heterocycles. The lowest BCUT2D eigenvalue weighted by atomic mass is 9.98. The fourth-order valence-electron chi connectivity index (χ4n) is 3.12. The van der Waals surface area contributed by atoms with Gasteiger partial charge in [-0.15, -0.1) is 0 Å². The van der Waals surface area contributed by atoms with Crippen molar-refractivity contribution in [1.29, 1.82) is 0 Å². The molecule has 23 heavy (non-hydrogen) atoms. The van der Waals surface area contributed by atoms with Crippen LogP contribution in [0.5, 0.6) is 0 Å². The number of piperidine rings is 1. The number of rotatable bonds is 4. The second kappa shape index (κ2) is 5.85. The Kier molecular flexibility index (Phi) is 4.16. The molecule has 0 unspecified atom stereocenters. The van der Waals surface area contributed by atoms with Crippen molar-refractivity contribution in [1.82, 2.24) is 4.31 Å². The molecule has 1 saturated heterocycles. The second-order valence-electron chi connectivity index (χ2n) is 6.15. The molecular weight excluding hydrogens is 325 g/mol. The molecule has 1 saturated carbocycles. The van der Waals surface area contributed by atoms with Gasteiger partial charge in [0.1, 0.15) is 10.7 Å². The molecule has 2 N–H and O–H groups in total. The van der Waals surface area contributed by atoms with Crippen molar-refractivity contribution in [2.45, 2.75) is 42.7 Å². The molecule has 0 spiro atoms. The number of aliphatic hydroxyl groups excluding tert-OH is 1. The summed E-state index contributed by atoms with van der Waals surface area (Å²) in [7, 11) is -4.14. The molecule has 126 valence electrons. The van der Waals surface area contributed by atoms with Crippen LogP contribution in [0.1, 0.15) is 36.0 Å². The predicted molar refractivity (Wildman–Crippen MR) is 79.0 cm³/mol. The molecule has 6 nitrogen and oxygen atoms in total. The maximum absolute atomic E-state index is 14.1. The summed E-state index contributed by atoms with van der Waals surface area (Å²) < 4.78 is 41.0. The molecule has 2 aliphatic rings. The molecule has 1 aromatic rings. The van der Waals surface area contributed by atoms with E-state index in [1.165, 1.54) is 4.31 Å². The van der Waals surface area contributed by atoms with Gasteiger partial charge in [0.15, 0.2) is 0 Å². The Morgan fingerprint density at radius 3 is 2.57 bits per heavy atom. The van der Waals surface area contributed by atoms with Crippen LogP contribution in [0.2, 0.25) is 0 Å². The van der Waals surface area contributed by atoms with Gasteiger partial charge in [-0.3, -0.25) is 0 Å². The lowest BCUT2D eigenvalue weighted by Gasteiger charge is -2.37. The van der Waals surface area contributed by atoms with Crippen molar-refractivity contribution >= 4 is 16.0 Å². The zero-order valence-electron chi connectivity index (χ0n) is 12.4. The Bertz CT molecular complexity index is 731. The predicted octanol–water partition coefficient (Wildman–Crippen LogP) is 1.45. The first-order chi connectivity index (χ1) is 10.8. The zero-order valence-corrected chi connectivity index (χ0v) is 13.2. The van der Waals surface area contributed by atoms with Crippen molar-refractivity contribution in [3.63, 3.8) is 0 Å². The van der Waals surface area contributed by atoms with Crippen LogP contribution in [0.4, 0.5) is 4.39 Å². The lowest BCUT2D eigenvalue weighted by molar-refractivity contribution is 0.0696. The Morgan fingerprint density at radius 1 is 1.26 bits per heavy atom. The molecule has 0 bridgehead atoms. The SMILES string of the molecule is O=C(O)c1ccc(F)c(S(=O)(=O)N2CC[C@H](O)C[C@@H]2C2CC2)c1. The average molecular weight is 343 g/mol. The highest BCUT2D eigenvalue weighted by molar-refractivity contribution is 7.89. The first kappa shape index (κ1) is 16.4.